The number of halogens is 1. The van der Waals surface area contributed by atoms with Gasteiger partial charge < -0.3 is 10.2 Å². The van der Waals surface area contributed by atoms with Crippen LogP contribution in [0.15, 0.2) is 42.5 Å². The molecule has 0 radical (unpaired) electrons. The summed E-state index contributed by atoms with van der Waals surface area (Å²) in [5.74, 6) is -0.593. The van der Waals surface area contributed by atoms with Gasteiger partial charge in [0.1, 0.15) is 5.82 Å². The molecule has 0 aromatic heterocycles. The Hall–Kier alpha value is -2.36. The fourth-order valence-electron chi connectivity index (χ4n) is 2.33. The van der Waals surface area contributed by atoms with E-state index in [2.05, 4.69) is 5.32 Å². The number of aryl methyl sites for hydroxylation is 1. The number of carbonyl (C=O) groups excluding carboxylic acids is 1. The number of rotatable bonds is 4. The molecule has 1 amide bonds. The normalized spacial score (nSPS) is 10.3. The fraction of sp³-hybridized carbons (Fsp3) is 0.235. The fourth-order valence-corrected chi connectivity index (χ4v) is 2.33. The maximum absolute atomic E-state index is 13.9. The molecule has 3 nitrogen and oxygen atoms in total. The van der Waals surface area contributed by atoms with Gasteiger partial charge in [-0.1, -0.05) is 12.1 Å². The molecule has 2 aromatic rings. The molecular weight excluding hydrogens is 267 g/mol. The van der Waals surface area contributed by atoms with Crippen LogP contribution in [0.1, 0.15) is 22.8 Å². The van der Waals surface area contributed by atoms with Crippen LogP contribution < -0.4 is 10.2 Å². The number of nitrogens with one attached hydrogen (secondary N) is 1. The summed E-state index contributed by atoms with van der Waals surface area (Å²) in [6.45, 7) is 4.17. The lowest BCUT2D eigenvalue weighted by atomic mass is 10.1. The average molecular weight is 286 g/mol. The number of amides is 1. The smallest absolute Gasteiger partial charge is 0.258 e. The van der Waals surface area contributed by atoms with Crippen LogP contribution in [-0.4, -0.2) is 19.5 Å². The van der Waals surface area contributed by atoms with Gasteiger partial charge in [-0.05, 0) is 49.7 Å². The molecule has 1 N–H and O–H groups in total. The molecule has 0 aliphatic carbocycles. The summed E-state index contributed by atoms with van der Waals surface area (Å²) < 4.78 is 13.9. The first-order chi connectivity index (χ1) is 10.1. The van der Waals surface area contributed by atoms with Gasteiger partial charge in [-0.3, -0.25) is 4.79 Å². The van der Waals surface area contributed by atoms with E-state index in [1.165, 1.54) is 11.0 Å². The van der Waals surface area contributed by atoms with E-state index < -0.39 is 5.82 Å². The first kappa shape index (κ1) is 15.0. The molecule has 0 spiro atoms. The molecule has 0 fully saturated rings. The minimum atomic E-state index is -0.392. The van der Waals surface area contributed by atoms with Crippen LogP contribution in [0.5, 0.6) is 0 Å². The summed E-state index contributed by atoms with van der Waals surface area (Å²) in [7, 11) is 1.83. The standard InChI is InChI=1S/C17H19FN2O/c1-4-20(16-8-6-5-7-14(16)18)17(21)13-9-10-15(19-3)12(2)11-13/h5-11,19H,4H2,1-3H3. The van der Waals surface area contributed by atoms with Crippen LogP contribution in [0.25, 0.3) is 0 Å². The van der Waals surface area contributed by atoms with E-state index in [-0.39, 0.29) is 5.91 Å². The van der Waals surface area contributed by atoms with E-state index in [4.69, 9.17) is 0 Å². The molecule has 0 saturated heterocycles. The zero-order chi connectivity index (χ0) is 15.4. The van der Waals surface area contributed by atoms with Gasteiger partial charge in [-0.15, -0.1) is 0 Å². The molecule has 2 aromatic carbocycles. The predicted octanol–water partition coefficient (Wildman–Crippen LogP) is 3.84. The average Bonchev–Trinajstić information content (AvgIpc) is 2.49. The van der Waals surface area contributed by atoms with Crippen molar-refractivity contribution in [1.29, 1.82) is 0 Å². The Bertz CT molecular complexity index is 655. The Kier molecular flexibility index (Phi) is 4.58. The molecular formula is C17H19FN2O. The summed E-state index contributed by atoms with van der Waals surface area (Å²) >= 11 is 0. The zero-order valence-corrected chi connectivity index (χ0v) is 12.5. The van der Waals surface area contributed by atoms with E-state index >= 15 is 0 Å². The third-order valence-corrected chi connectivity index (χ3v) is 3.45. The van der Waals surface area contributed by atoms with Crippen molar-refractivity contribution < 1.29 is 9.18 Å². The SMILES string of the molecule is CCN(C(=O)c1ccc(NC)c(C)c1)c1ccccc1F. The van der Waals surface area contributed by atoms with Crippen molar-refractivity contribution in [3.63, 3.8) is 0 Å². The molecule has 4 heteroatoms. The first-order valence-electron chi connectivity index (χ1n) is 6.93. The lowest BCUT2D eigenvalue weighted by molar-refractivity contribution is 0.0987. The van der Waals surface area contributed by atoms with Crippen molar-refractivity contribution in [3.05, 3.63) is 59.4 Å². The van der Waals surface area contributed by atoms with E-state index in [1.807, 2.05) is 33.0 Å². The third kappa shape index (κ3) is 3.05. The van der Waals surface area contributed by atoms with Crippen molar-refractivity contribution in [2.45, 2.75) is 13.8 Å². The molecule has 0 bridgehead atoms. The van der Waals surface area contributed by atoms with E-state index in [0.29, 0.717) is 17.8 Å². The van der Waals surface area contributed by atoms with E-state index in [1.54, 1.807) is 24.3 Å². The molecule has 0 aliphatic rings. The topological polar surface area (TPSA) is 32.3 Å². The molecule has 0 heterocycles. The molecule has 110 valence electrons. The number of anilines is 2. The lowest BCUT2D eigenvalue weighted by Crippen LogP contribution is -2.31. The van der Waals surface area contributed by atoms with Crippen molar-refractivity contribution in [2.24, 2.45) is 0 Å². The van der Waals surface area contributed by atoms with Crippen molar-refractivity contribution in [3.8, 4) is 0 Å². The van der Waals surface area contributed by atoms with Crippen molar-refractivity contribution in [1.82, 2.24) is 0 Å². The highest BCUT2D eigenvalue weighted by Gasteiger charge is 2.19. The highest BCUT2D eigenvalue weighted by atomic mass is 19.1. The molecule has 2 rings (SSSR count). The number of para-hydroxylation sites is 1. The molecule has 0 unspecified atom stereocenters. The molecule has 0 atom stereocenters. The van der Waals surface area contributed by atoms with Crippen LogP contribution in [0.3, 0.4) is 0 Å². The summed E-state index contributed by atoms with van der Waals surface area (Å²) in [5, 5.41) is 3.06. The van der Waals surface area contributed by atoms with Crippen LogP contribution in [0.4, 0.5) is 15.8 Å². The number of nitrogens with zero attached hydrogens (tertiary/aromatic N) is 1. The minimum Gasteiger partial charge on any atom is -0.388 e. The molecule has 0 aliphatic heterocycles. The summed E-state index contributed by atoms with van der Waals surface area (Å²) in [6, 6.07) is 11.7. The van der Waals surface area contributed by atoms with Gasteiger partial charge in [0, 0.05) is 24.8 Å². The Morgan fingerprint density at radius 2 is 1.95 bits per heavy atom. The number of carbonyl (C=O) groups is 1. The van der Waals surface area contributed by atoms with Gasteiger partial charge in [0.2, 0.25) is 0 Å². The summed E-state index contributed by atoms with van der Waals surface area (Å²) in [4.78, 5) is 14.1. The molecule has 21 heavy (non-hydrogen) atoms. The van der Waals surface area contributed by atoms with Crippen LogP contribution >= 0.6 is 0 Å². The van der Waals surface area contributed by atoms with E-state index in [0.717, 1.165) is 11.3 Å². The number of hydrogen-bond acceptors (Lipinski definition) is 2. The lowest BCUT2D eigenvalue weighted by Gasteiger charge is -2.22. The van der Waals surface area contributed by atoms with Gasteiger partial charge in [0.25, 0.3) is 5.91 Å². The highest BCUT2D eigenvalue weighted by Crippen LogP contribution is 2.22. The second kappa shape index (κ2) is 6.39. The van der Waals surface area contributed by atoms with Gasteiger partial charge >= 0.3 is 0 Å². The van der Waals surface area contributed by atoms with Crippen molar-refractivity contribution >= 4 is 17.3 Å². The summed E-state index contributed by atoms with van der Waals surface area (Å²) in [6.07, 6.45) is 0. The van der Waals surface area contributed by atoms with Gasteiger partial charge in [-0.2, -0.15) is 0 Å². The second-order valence-corrected chi connectivity index (χ2v) is 4.78. The van der Waals surface area contributed by atoms with Gasteiger partial charge in [0.15, 0.2) is 0 Å². The Labute approximate surface area is 124 Å². The van der Waals surface area contributed by atoms with Gasteiger partial charge in [-0.25, -0.2) is 4.39 Å². The Morgan fingerprint density at radius 1 is 1.24 bits per heavy atom. The number of benzene rings is 2. The van der Waals surface area contributed by atoms with E-state index in [9.17, 15) is 9.18 Å². The molecule has 0 saturated carbocycles. The van der Waals surface area contributed by atoms with Crippen molar-refractivity contribution in [2.75, 3.05) is 23.8 Å². The zero-order valence-electron chi connectivity index (χ0n) is 12.5. The highest BCUT2D eigenvalue weighted by molar-refractivity contribution is 6.06. The first-order valence-corrected chi connectivity index (χ1v) is 6.93. The van der Waals surface area contributed by atoms with Crippen LogP contribution in [0, 0.1) is 12.7 Å². The maximum Gasteiger partial charge on any atom is 0.258 e. The maximum atomic E-state index is 13.9. The monoisotopic (exact) mass is 286 g/mol. The predicted molar refractivity (Wildman–Crippen MR) is 84.5 cm³/mol. The second-order valence-electron chi connectivity index (χ2n) is 4.78. The van der Waals surface area contributed by atoms with Crippen LogP contribution in [-0.2, 0) is 0 Å². The Balaban J connectivity index is 2.37. The van der Waals surface area contributed by atoms with Gasteiger partial charge in [0.05, 0.1) is 5.69 Å². The summed E-state index contributed by atoms with van der Waals surface area (Å²) in [5.41, 5.74) is 2.81. The minimum absolute atomic E-state index is 0.201. The third-order valence-electron chi connectivity index (χ3n) is 3.45. The van der Waals surface area contributed by atoms with Crippen LogP contribution in [0.2, 0.25) is 0 Å². The quantitative estimate of drug-likeness (QED) is 0.926. The largest absolute Gasteiger partial charge is 0.388 e. The number of hydrogen-bond donors (Lipinski definition) is 1. The Morgan fingerprint density at radius 3 is 2.52 bits per heavy atom.